The van der Waals surface area contributed by atoms with Crippen LogP contribution in [0.2, 0.25) is 0 Å². The number of benzene rings is 1. The molecule has 20 heavy (non-hydrogen) atoms. The second-order valence-electron chi connectivity index (χ2n) is 5.28. The van der Waals surface area contributed by atoms with E-state index in [0.29, 0.717) is 13.1 Å². The van der Waals surface area contributed by atoms with Gasteiger partial charge in [-0.2, -0.15) is 13.2 Å². The zero-order valence-electron chi connectivity index (χ0n) is 11.7. The van der Waals surface area contributed by atoms with E-state index in [-0.39, 0.29) is 12.8 Å². The molecule has 1 aliphatic heterocycles. The molecule has 2 nitrogen and oxygen atoms in total. The maximum atomic E-state index is 12.6. The summed E-state index contributed by atoms with van der Waals surface area (Å²) in [5, 5.41) is 3.28. The lowest BCUT2D eigenvalue weighted by Gasteiger charge is -2.34. The summed E-state index contributed by atoms with van der Waals surface area (Å²) in [4.78, 5) is 2.03. The molecule has 0 aromatic heterocycles. The van der Waals surface area contributed by atoms with Crippen molar-refractivity contribution in [2.45, 2.75) is 32.4 Å². The minimum Gasteiger partial charge on any atom is -0.385 e. The summed E-state index contributed by atoms with van der Waals surface area (Å²) >= 11 is 0. The number of hydrogen-bond donors (Lipinski definition) is 1. The van der Waals surface area contributed by atoms with Gasteiger partial charge in [0.05, 0.1) is 5.92 Å². The molecule has 2 rings (SSSR count). The van der Waals surface area contributed by atoms with Crippen LogP contribution < -0.4 is 10.2 Å². The monoisotopic (exact) mass is 286 g/mol. The Labute approximate surface area is 118 Å². The van der Waals surface area contributed by atoms with Crippen LogP contribution in [0, 0.1) is 5.92 Å². The summed E-state index contributed by atoms with van der Waals surface area (Å²) in [5.74, 6) is -1.13. The van der Waals surface area contributed by atoms with Gasteiger partial charge in [0.1, 0.15) is 0 Å². The highest BCUT2D eigenvalue weighted by Gasteiger charge is 2.41. The fourth-order valence-electron chi connectivity index (χ4n) is 2.52. The number of halogens is 3. The Kier molecular flexibility index (Phi) is 4.78. The number of nitrogens with zero attached hydrogens (tertiary/aromatic N) is 1. The molecule has 5 heteroatoms. The van der Waals surface area contributed by atoms with Gasteiger partial charge in [0, 0.05) is 31.0 Å². The summed E-state index contributed by atoms with van der Waals surface area (Å²) in [7, 11) is 0. The Morgan fingerprint density at radius 3 is 2.25 bits per heavy atom. The van der Waals surface area contributed by atoms with E-state index in [0.717, 1.165) is 24.3 Å². The van der Waals surface area contributed by atoms with Crippen LogP contribution in [0.4, 0.5) is 24.5 Å². The van der Waals surface area contributed by atoms with Crippen molar-refractivity contribution in [2.24, 2.45) is 5.92 Å². The first-order chi connectivity index (χ1) is 9.50. The summed E-state index contributed by atoms with van der Waals surface area (Å²) in [6, 6.07) is 7.93. The smallest absolute Gasteiger partial charge is 0.385 e. The van der Waals surface area contributed by atoms with Crippen LogP contribution in [0.25, 0.3) is 0 Å². The highest BCUT2D eigenvalue weighted by molar-refractivity contribution is 5.55. The topological polar surface area (TPSA) is 15.3 Å². The Morgan fingerprint density at radius 2 is 1.75 bits per heavy atom. The number of piperidine rings is 1. The van der Waals surface area contributed by atoms with Crippen molar-refractivity contribution in [1.82, 2.24) is 0 Å². The van der Waals surface area contributed by atoms with E-state index in [1.54, 1.807) is 0 Å². The first-order valence-electron chi connectivity index (χ1n) is 7.16. The van der Waals surface area contributed by atoms with Crippen molar-refractivity contribution in [3.63, 3.8) is 0 Å². The lowest BCUT2D eigenvalue weighted by Crippen LogP contribution is -2.38. The third-order valence-electron chi connectivity index (χ3n) is 3.77. The minimum atomic E-state index is -4.04. The molecule has 0 spiro atoms. The Hall–Kier alpha value is -1.39. The van der Waals surface area contributed by atoms with Crippen molar-refractivity contribution in [3.05, 3.63) is 24.3 Å². The zero-order chi connectivity index (χ0) is 14.6. The molecule has 0 radical (unpaired) electrons. The maximum absolute atomic E-state index is 12.6. The molecular formula is C15H21F3N2. The average Bonchev–Trinajstić information content (AvgIpc) is 2.45. The van der Waals surface area contributed by atoms with Crippen molar-refractivity contribution in [3.8, 4) is 0 Å². The van der Waals surface area contributed by atoms with E-state index < -0.39 is 12.1 Å². The molecule has 0 aliphatic carbocycles. The highest BCUT2D eigenvalue weighted by Crippen LogP contribution is 2.35. The van der Waals surface area contributed by atoms with Crippen molar-refractivity contribution < 1.29 is 13.2 Å². The number of rotatable bonds is 4. The number of hydrogen-bond acceptors (Lipinski definition) is 2. The number of alkyl halides is 3. The summed E-state index contributed by atoms with van der Waals surface area (Å²) < 4.78 is 37.8. The summed E-state index contributed by atoms with van der Waals surface area (Å²) in [5.41, 5.74) is 2.06. The molecule has 1 heterocycles. The van der Waals surface area contributed by atoms with Gasteiger partial charge in [-0.25, -0.2) is 0 Å². The van der Waals surface area contributed by atoms with E-state index in [4.69, 9.17) is 0 Å². The molecule has 0 unspecified atom stereocenters. The van der Waals surface area contributed by atoms with Gasteiger partial charge in [0.2, 0.25) is 0 Å². The lowest BCUT2D eigenvalue weighted by atomic mass is 9.96. The van der Waals surface area contributed by atoms with E-state index in [1.807, 2.05) is 29.2 Å². The first kappa shape index (κ1) is 15.0. The normalized spacial score (nSPS) is 17.3. The molecule has 1 N–H and O–H groups in total. The standard InChI is InChI=1S/C15H21F3N2/c1-2-9-19-13-3-5-14(6-4-13)20-10-7-12(8-11-20)15(16,17)18/h3-6,12,19H,2,7-11H2,1H3. The Balaban J connectivity index is 1.90. The van der Waals surface area contributed by atoms with Crippen LogP contribution in [0.5, 0.6) is 0 Å². The predicted octanol–water partition coefficient (Wildman–Crippen LogP) is 4.29. The molecule has 1 saturated heterocycles. The zero-order valence-corrected chi connectivity index (χ0v) is 11.7. The number of anilines is 2. The first-order valence-corrected chi connectivity index (χ1v) is 7.16. The Bertz CT molecular complexity index is 406. The molecule has 1 aromatic carbocycles. The summed E-state index contributed by atoms with van der Waals surface area (Å²) in [6.45, 7) is 3.99. The minimum absolute atomic E-state index is 0.194. The van der Waals surface area contributed by atoms with E-state index in [9.17, 15) is 13.2 Å². The van der Waals surface area contributed by atoms with Crippen molar-refractivity contribution >= 4 is 11.4 Å². The number of nitrogens with one attached hydrogen (secondary N) is 1. The molecule has 0 atom stereocenters. The van der Waals surface area contributed by atoms with Crippen LogP contribution >= 0.6 is 0 Å². The fourth-order valence-corrected chi connectivity index (χ4v) is 2.52. The SMILES string of the molecule is CCCNc1ccc(N2CCC(C(F)(F)F)CC2)cc1. The van der Waals surface area contributed by atoms with Crippen LogP contribution in [0.3, 0.4) is 0 Å². The van der Waals surface area contributed by atoms with E-state index >= 15 is 0 Å². The van der Waals surface area contributed by atoms with Crippen LogP contribution in [0.15, 0.2) is 24.3 Å². The van der Waals surface area contributed by atoms with Crippen LogP contribution in [-0.4, -0.2) is 25.8 Å². The second kappa shape index (κ2) is 6.37. The molecule has 0 amide bonds. The van der Waals surface area contributed by atoms with Gasteiger partial charge < -0.3 is 10.2 Å². The van der Waals surface area contributed by atoms with Gasteiger partial charge in [0.25, 0.3) is 0 Å². The van der Waals surface area contributed by atoms with Crippen molar-refractivity contribution in [2.75, 3.05) is 29.9 Å². The second-order valence-corrected chi connectivity index (χ2v) is 5.28. The lowest BCUT2D eigenvalue weighted by molar-refractivity contribution is -0.179. The predicted molar refractivity (Wildman–Crippen MR) is 76.2 cm³/mol. The Morgan fingerprint density at radius 1 is 1.15 bits per heavy atom. The fraction of sp³-hybridized carbons (Fsp3) is 0.600. The highest BCUT2D eigenvalue weighted by atomic mass is 19.4. The van der Waals surface area contributed by atoms with Crippen molar-refractivity contribution in [1.29, 1.82) is 0 Å². The third-order valence-corrected chi connectivity index (χ3v) is 3.77. The van der Waals surface area contributed by atoms with Crippen LogP contribution in [0.1, 0.15) is 26.2 Å². The van der Waals surface area contributed by atoms with Gasteiger partial charge in [0.15, 0.2) is 0 Å². The molecule has 112 valence electrons. The molecule has 0 bridgehead atoms. The van der Waals surface area contributed by atoms with Gasteiger partial charge in [-0.15, -0.1) is 0 Å². The molecular weight excluding hydrogens is 265 g/mol. The van der Waals surface area contributed by atoms with Gasteiger partial charge in [-0.1, -0.05) is 6.92 Å². The van der Waals surface area contributed by atoms with Gasteiger partial charge in [-0.05, 0) is 43.5 Å². The van der Waals surface area contributed by atoms with Crippen LogP contribution in [-0.2, 0) is 0 Å². The van der Waals surface area contributed by atoms with Gasteiger partial charge >= 0.3 is 6.18 Å². The van der Waals surface area contributed by atoms with Gasteiger partial charge in [-0.3, -0.25) is 0 Å². The molecule has 0 saturated carbocycles. The van der Waals surface area contributed by atoms with E-state index in [2.05, 4.69) is 12.2 Å². The molecule has 1 aromatic rings. The largest absolute Gasteiger partial charge is 0.391 e. The molecule has 1 fully saturated rings. The molecule has 1 aliphatic rings. The summed E-state index contributed by atoms with van der Waals surface area (Å²) in [6.07, 6.45) is -2.59. The quantitative estimate of drug-likeness (QED) is 0.888. The maximum Gasteiger partial charge on any atom is 0.391 e. The average molecular weight is 286 g/mol. The van der Waals surface area contributed by atoms with E-state index in [1.165, 1.54) is 0 Å². The third kappa shape index (κ3) is 3.81.